The summed E-state index contributed by atoms with van der Waals surface area (Å²) in [6.45, 7) is 1.08. The molecule has 138 valence electrons. The van der Waals surface area contributed by atoms with Crippen LogP contribution in [0.2, 0.25) is 0 Å². The first kappa shape index (κ1) is 17.3. The summed E-state index contributed by atoms with van der Waals surface area (Å²) >= 11 is 1.28. The van der Waals surface area contributed by atoms with Gasteiger partial charge in [-0.1, -0.05) is 28.6 Å². The van der Waals surface area contributed by atoms with E-state index in [4.69, 9.17) is 4.52 Å². The number of hydrogen-bond donors (Lipinski definition) is 1. The standard InChI is InChI=1S/C17H16N6O3S/c24-15(20-17-21-19-10-27-17)12-5-7-23(8-6-12)16(25)13-3-1-11(2-4-13)14-18-9-26-22-14/h1-4,9-10,12H,5-8H2,(H,20,21,24). The molecule has 1 aliphatic heterocycles. The van der Waals surface area contributed by atoms with Crippen LogP contribution < -0.4 is 5.32 Å². The Kier molecular flexibility index (Phi) is 4.88. The van der Waals surface area contributed by atoms with Crippen molar-refractivity contribution in [1.82, 2.24) is 25.2 Å². The van der Waals surface area contributed by atoms with Gasteiger partial charge in [-0.3, -0.25) is 9.59 Å². The maximum atomic E-state index is 12.7. The molecule has 0 unspecified atom stereocenters. The summed E-state index contributed by atoms with van der Waals surface area (Å²) in [5.74, 6) is 0.246. The van der Waals surface area contributed by atoms with Gasteiger partial charge in [-0.15, -0.1) is 10.2 Å². The van der Waals surface area contributed by atoms with Crippen molar-refractivity contribution >= 4 is 28.3 Å². The molecule has 10 heteroatoms. The Morgan fingerprint density at radius 3 is 2.59 bits per heavy atom. The molecule has 0 bridgehead atoms. The van der Waals surface area contributed by atoms with E-state index in [1.54, 1.807) is 34.7 Å². The molecule has 1 fully saturated rings. The molecule has 4 rings (SSSR count). The summed E-state index contributed by atoms with van der Waals surface area (Å²) in [5, 5.41) is 14.6. The van der Waals surface area contributed by atoms with Gasteiger partial charge in [0, 0.05) is 30.1 Å². The maximum Gasteiger partial charge on any atom is 0.253 e. The van der Waals surface area contributed by atoms with Crippen LogP contribution in [0.15, 0.2) is 40.7 Å². The molecule has 2 aromatic heterocycles. The van der Waals surface area contributed by atoms with Gasteiger partial charge >= 0.3 is 0 Å². The number of benzene rings is 1. The molecule has 1 N–H and O–H groups in total. The van der Waals surface area contributed by atoms with E-state index in [1.165, 1.54) is 17.7 Å². The molecule has 9 nitrogen and oxygen atoms in total. The van der Waals surface area contributed by atoms with Crippen molar-refractivity contribution in [2.45, 2.75) is 12.8 Å². The fraction of sp³-hybridized carbons (Fsp3) is 0.294. The predicted octanol–water partition coefficient (Wildman–Crippen LogP) is 2.08. The second-order valence-corrected chi connectivity index (χ2v) is 6.96. The molecule has 3 heterocycles. The van der Waals surface area contributed by atoms with Gasteiger partial charge in [-0.25, -0.2) is 0 Å². The smallest absolute Gasteiger partial charge is 0.253 e. The summed E-state index contributed by atoms with van der Waals surface area (Å²) in [4.78, 5) is 30.7. The highest BCUT2D eigenvalue weighted by atomic mass is 32.1. The Balaban J connectivity index is 1.33. The van der Waals surface area contributed by atoms with Crippen LogP contribution >= 0.6 is 11.3 Å². The van der Waals surface area contributed by atoms with Crippen LogP contribution in [-0.4, -0.2) is 50.1 Å². The number of aromatic nitrogens is 4. The number of rotatable bonds is 4. The molecule has 2 amide bonds. The molecule has 1 aromatic carbocycles. The average Bonchev–Trinajstić information content (AvgIpc) is 3.42. The Bertz CT molecular complexity index is 903. The summed E-state index contributed by atoms with van der Waals surface area (Å²) in [5.41, 5.74) is 2.95. The van der Waals surface area contributed by atoms with E-state index in [2.05, 4.69) is 25.7 Å². The quantitative estimate of drug-likeness (QED) is 0.732. The average molecular weight is 384 g/mol. The molecule has 1 aliphatic rings. The summed E-state index contributed by atoms with van der Waals surface area (Å²) in [6.07, 6.45) is 2.51. The van der Waals surface area contributed by atoms with Gasteiger partial charge in [0.15, 0.2) is 0 Å². The zero-order valence-electron chi connectivity index (χ0n) is 14.2. The van der Waals surface area contributed by atoms with Crippen molar-refractivity contribution in [1.29, 1.82) is 0 Å². The molecule has 0 saturated carbocycles. The zero-order chi connectivity index (χ0) is 18.6. The number of carbonyl (C=O) groups is 2. The number of carbonyl (C=O) groups excluding carboxylic acids is 2. The summed E-state index contributed by atoms with van der Waals surface area (Å²) < 4.78 is 4.73. The predicted molar refractivity (Wildman–Crippen MR) is 96.9 cm³/mol. The maximum absolute atomic E-state index is 12.7. The SMILES string of the molecule is O=C(Nc1nncs1)C1CCN(C(=O)c2ccc(-c3ncon3)cc2)CC1. The normalized spacial score (nSPS) is 14.9. The van der Waals surface area contributed by atoms with Crippen LogP contribution in [0.4, 0.5) is 5.13 Å². The van der Waals surface area contributed by atoms with Crippen molar-refractivity contribution < 1.29 is 14.1 Å². The van der Waals surface area contributed by atoms with Crippen LogP contribution in [0.1, 0.15) is 23.2 Å². The fourth-order valence-electron chi connectivity index (χ4n) is 3.02. The number of hydrogen-bond acceptors (Lipinski definition) is 8. The molecule has 1 saturated heterocycles. The topological polar surface area (TPSA) is 114 Å². The lowest BCUT2D eigenvalue weighted by Gasteiger charge is -2.31. The minimum Gasteiger partial charge on any atom is -0.342 e. The highest BCUT2D eigenvalue weighted by molar-refractivity contribution is 7.13. The van der Waals surface area contributed by atoms with Crippen LogP contribution in [0.3, 0.4) is 0 Å². The molecule has 27 heavy (non-hydrogen) atoms. The Labute approximate surface area is 158 Å². The lowest BCUT2D eigenvalue weighted by atomic mass is 9.95. The molecule has 0 atom stereocenters. The highest BCUT2D eigenvalue weighted by Gasteiger charge is 2.28. The number of piperidine rings is 1. The first-order valence-corrected chi connectivity index (χ1v) is 9.32. The van der Waals surface area contributed by atoms with Gasteiger partial charge < -0.3 is 14.7 Å². The van der Waals surface area contributed by atoms with E-state index in [-0.39, 0.29) is 17.7 Å². The van der Waals surface area contributed by atoms with Gasteiger partial charge in [-0.05, 0) is 25.0 Å². The van der Waals surface area contributed by atoms with Gasteiger partial charge in [0.2, 0.25) is 23.3 Å². The zero-order valence-corrected chi connectivity index (χ0v) is 15.1. The summed E-state index contributed by atoms with van der Waals surface area (Å²) in [6, 6.07) is 7.09. The van der Waals surface area contributed by atoms with E-state index in [0.717, 1.165) is 5.56 Å². The second kappa shape index (κ2) is 7.62. The van der Waals surface area contributed by atoms with Crippen molar-refractivity contribution in [3.63, 3.8) is 0 Å². The second-order valence-electron chi connectivity index (χ2n) is 6.13. The largest absolute Gasteiger partial charge is 0.342 e. The van der Waals surface area contributed by atoms with Crippen molar-refractivity contribution in [2.24, 2.45) is 5.92 Å². The minimum absolute atomic E-state index is 0.0438. The number of amides is 2. The Morgan fingerprint density at radius 2 is 1.96 bits per heavy atom. The van der Waals surface area contributed by atoms with Crippen molar-refractivity contribution in [3.05, 3.63) is 41.7 Å². The monoisotopic (exact) mass is 384 g/mol. The third-order valence-corrected chi connectivity index (χ3v) is 5.10. The number of nitrogens with zero attached hydrogens (tertiary/aromatic N) is 5. The molecule has 0 spiro atoms. The first-order valence-electron chi connectivity index (χ1n) is 8.44. The van der Waals surface area contributed by atoms with E-state index in [0.29, 0.717) is 42.5 Å². The first-order chi connectivity index (χ1) is 13.2. The van der Waals surface area contributed by atoms with E-state index < -0.39 is 0 Å². The lowest BCUT2D eigenvalue weighted by molar-refractivity contribution is -0.121. The van der Waals surface area contributed by atoms with E-state index in [9.17, 15) is 9.59 Å². The molecular formula is C17H16N6O3S. The number of nitrogens with one attached hydrogen (secondary N) is 1. The summed E-state index contributed by atoms with van der Waals surface area (Å²) in [7, 11) is 0. The Morgan fingerprint density at radius 1 is 1.19 bits per heavy atom. The third-order valence-electron chi connectivity index (χ3n) is 4.49. The van der Waals surface area contributed by atoms with Gasteiger partial charge in [0.05, 0.1) is 0 Å². The highest BCUT2D eigenvalue weighted by Crippen LogP contribution is 2.22. The molecule has 0 radical (unpaired) electrons. The number of likely N-dealkylation sites (tertiary alicyclic amines) is 1. The van der Waals surface area contributed by atoms with Gasteiger partial charge in [0.25, 0.3) is 5.91 Å². The Hall–Kier alpha value is -3.14. The van der Waals surface area contributed by atoms with Gasteiger partial charge in [-0.2, -0.15) is 4.98 Å². The minimum atomic E-state index is -0.126. The van der Waals surface area contributed by atoms with Gasteiger partial charge in [0.1, 0.15) is 5.51 Å². The van der Waals surface area contributed by atoms with Crippen LogP contribution in [0, 0.1) is 5.92 Å². The lowest BCUT2D eigenvalue weighted by Crippen LogP contribution is -2.41. The van der Waals surface area contributed by atoms with E-state index >= 15 is 0 Å². The molecule has 0 aliphatic carbocycles. The van der Waals surface area contributed by atoms with E-state index in [1.807, 2.05) is 0 Å². The third kappa shape index (κ3) is 3.85. The molecular weight excluding hydrogens is 368 g/mol. The number of anilines is 1. The molecule has 3 aromatic rings. The van der Waals surface area contributed by atoms with Crippen molar-refractivity contribution in [3.8, 4) is 11.4 Å². The fourth-order valence-corrected chi connectivity index (χ4v) is 3.47. The van der Waals surface area contributed by atoms with Crippen LogP contribution in [0.5, 0.6) is 0 Å². The van der Waals surface area contributed by atoms with Crippen LogP contribution in [0.25, 0.3) is 11.4 Å². The van der Waals surface area contributed by atoms with Crippen LogP contribution in [-0.2, 0) is 4.79 Å². The van der Waals surface area contributed by atoms with Crippen molar-refractivity contribution in [2.75, 3.05) is 18.4 Å².